The third-order valence-corrected chi connectivity index (χ3v) is 3.85. The van der Waals surface area contributed by atoms with Crippen molar-refractivity contribution in [3.63, 3.8) is 0 Å². The molecule has 0 aromatic carbocycles. The number of alkyl halides is 3. The van der Waals surface area contributed by atoms with Crippen molar-refractivity contribution in [1.82, 2.24) is 5.32 Å². The van der Waals surface area contributed by atoms with Crippen molar-refractivity contribution >= 4 is 0 Å². The molecule has 4 heteroatoms. The third-order valence-electron chi connectivity index (χ3n) is 3.85. The summed E-state index contributed by atoms with van der Waals surface area (Å²) >= 11 is 0. The highest BCUT2D eigenvalue weighted by molar-refractivity contribution is 4.87. The molecule has 1 saturated carbocycles. The average molecular weight is 221 g/mol. The smallest absolute Gasteiger partial charge is 0.314 e. The highest BCUT2D eigenvalue weighted by Gasteiger charge is 2.43. The van der Waals surface area contributed by atoms with Crippen molar-refractivity contribution in [3.05, 3.63) is 0 Å². The Labute approximate surface area is 88.4 Å². The zero-order chi connectivity index (χ0) is 10.9. The Hall–Kier alpha value is -0.250. The van der Waals surface area contributed by atoms with Gasteiger partial charge in [-0.25, -0.2) is 0 Å². The van der Waals surface area contributed by atoms with E-state index in [4.69, 9.17) is 0 Å². The van der Waals surface area contributed by atoms with Gasteiger partial charge in [-0.05, 0) is 44.6 Å². The summed E-state index contributed by atoms with van der Waals surface area (Å²) in [5, 5.41) is 3.33. The van der Waals surface area contributed by atoms with E-state index in [9.17, 15) is 13.2 Å². The minimum Gasteiger partial charge on any atom is -0.314 e. The molecule has 0 aromatic rings. The predicted molar refractivity (Wildman–Crippen MR) is 52.5 cm³/mol. The molecular formula is C11H18F3N. The lowest BCUT2D eigenvalue weighted by atomic mass is 9.77. The van der Waals surface area contributed by atoms with Gasteiger partial charge in [-0.3, -0.25) is 0 Å². The van der Waals surface area contributed by atoms with E-state index in [-0.39, 0.29) is 5.92 Å². The van der Waals surface area contributed by atoms with Crippen LogP contribution in [0.5, 0.6) is 0 Å². The second kappa shape index (κ2) is 4.32. The molecule has 0 radical (unpaired) electrons. The van der Waals surface area contributed by atoms with Gasteiger partial charge >= 0.3 is 6.18 Å². The second-order valence-corrected chi connectivity index (χ2v) is 4.87. The zero-order valence-electron chi connectivity index (χ0n) is 8.82. The molecule has 88 valence electrons. The maximum atomic E-state index is 12.6. The lowest BCUT2D eigenvalue weighted by Gasteiger charge is -2.33. The number of halogens is 3. The summed E-state index contributed by atoms with van der Waals surface area (Å²) < 4.78 is 37.7. The van der Waals surface area contributed by atoms with E-state index >= 15 is 0 Å². The predicted octanol–water partition coefficient (Wildman–Crippen LogP) is 3.11. The van der Waals surface area contributed by atoms with Gasteiger partial charge in [-0.1, -0.05) is 6.42 Å². The van der Waals surface area contributed by atoms with Crippen LogP contribution in [-0.2, 0) is 0 Å². The molecule has 15 heavy (non-hydrogen) atoms. The van der Waals surface area contributed by atoms with Crippen molar-refractivity contribution in [2.75, 3.05) is 6.54 Å². The molecule has 3 atom stereocenters. The molecule has 3 unspecified atom stereocenters. The summed E-state index contributed by atoms with van der Waals surface area (Å²) in [6.07, 6.45) is 0.621. The van der Waals surface area contributed by atoms with Crippen LogP contribution in [-0.4, -0.2) is 18.8 Å². The van der Waals surface area contributed by atoms with Crippen molar-refractivity contribution in [2.24, 2.45) is 11.8 Å². The van der Waals surface area contributed by atoms with Gasteiger partial charge in [0.25, 0.3) is 0 Å². The molecule has 1 aliphatic heterocycles. The minimum absolute atomic E-state index is 0.257. The molecule has 2 rings (SSSR count). The first-order chi connectivity index (χ1) is 7.07. The van der Waals surface area contributed by atoms with Crippen molar-refractivity contribution in [3.8, 4) is 0 Å². The summed E-state index contributed by atoms with van der Waals surface area (Å²) in [5.41, 5.74) is 0. The first kappa shape index (κ1) is 11.2. The largest absolute Gasteiger partial charge is 0.391 e. The number of hydrogen-bond acceptors (Lipinski definition) is 1. The van der Waals surface area contributed by atoms with Crippen LogP contribution in [0, 0.1) is 11.8 Å². The number of nitrogens with one attached hydrogen (secondary N) is 1. The molecule has 1 N–H and O–H groups in total. The van der Waals surface area contributed by atoms with Crippen LogP contribution >= 0.6 is 0 Å². The third kappa shape index (κ3) is 2.65. The Morgan fingerprint density at radius 2 is 1.80 bits per heavy atom. The second-order valence-electron chi connectivity index (χ2n) is 4.87. The molecule has 1 aliphatic carbocycles. The monoisotopic (exact) mass is 221 g/mol. The molecular weight excluding hydrogens is 203 g/mol. The first-order valence-electron chi connectivity index (χ1n) is 5.87. The Morgan fingerprint density at radius 1 is 1.00 bits per heavy atom. The van der Waals surface area contributed by atoms with Crippen LogP contribution in [0.1, 0.15) is 38.5 Å². The highest BCUT2D eigenvalue weighted by atomic mass is 19.4. The van der Waals surface area contributed by atoms with Crippen molar-refractivity contribution < 1.29 is 13.2 Å². The molecule has 0 amide bonds. The molecule has 0 spiro atoms. The fourth-order valence-corrected chi connectivity index (χ4v) is 3.00. The van der Waals surface area contributed by atoms with Crippen LogP contribution in [0.3, 0.4) is 0 Å². The fraction of sp³-hybridized carbons (Fsp3) is 1.00. The van der Waals surface area contributed by atoms with Gasteiger partial charge < -0.3 is 5.32 Å². The van der Waals surface area contributed by atoms with Crippen LogP contribution in [0.2, 0.25) is 0 Å². The van der Waals surface area contributed by atoms with E-state index in [0.29, 0.717) is 18.9 Å². The lowest BCUT2D eigenvalue weighted by Crippen LogP contribution is -2.37. The van der Waals surface area contributed by atoms with Gasteiger partial charge in [0.2, 0.25) is 0 Å². The van der Waals surface area contributed by atoms with E-state index in [0.717, 1.165) is 32.2 Å². The maximum Gasteiger partial charge on any atom is 0.391 e. The molecule has 2 aliphatic rings. The Morgan fingerprint density at radius 3 is 2.40 bits per heavy atom. The molecule has 0 aromatic heterocycles. The van der Waals surface area contributed by atoms with Gasteiger partial charge in [-0.15, -0.1) is 0 Å². The van der Waals surface area contributed by atoms with Crippen LogP contribution in [0.15, 0.2) is 0 Å². The van der Waals surface area contributed by atoms with E-state index in [1.807, 2.05) is 0 Å². The number of rotatable bonds is 1. The number of hydrogen-bond donors (Lipinski definition) is 1. The van der Waals surface area contributed by atoms with Gasteiger partial charge in [0, 0.05) is 6.04 Å². The van der Waals surface area contributed by atoms with Gasteiger partial charge in [0.05, 0.1) is 5.92 Å². The van der Waals surface area contributed by atoms with Crippen molar-refractivity contribution in [2.45, 2.75) is 50.7 Å². The van der Waals surface area contributed by atoms with Crippen LogP contribution in [0.4, 0.5) is 13.2 Å². The Balaban J connectivity index is 1.92. The summed E-state index contributed by atoms with van der Waals surface area (Å²) in [6.45, 7) is 0.984. The van der Waals surface area contributed by atoms with Crippen molar-refractivity contribution in [1.29, 1.82) is 0 Å². The van der Waals surface area contributed by atoms with Crippen LogP contribution in [0.25, 0.3) is 0 Å². The summed E-state index contributed by atoms with van der Waals surface area (Å²) in [7, 11) is 0. The highest BCUT2D eigenvalue weighted by Crippen LogP contribution is 2.41. The maximum absolute atomic E-state index is 12.6. The van der Waals surface area contributed by atoms with E-state index in [1.54, 1.807) is 0 Å². The minimum atomic E-state index is -3.97. The quantitative estimate of drug-likeness (QED) is 0.717. The molecule has 0 bridgehead atoms. The van der Waals surface area contributed by atoms with Gasteiger partial charge in [0.1, 0.15) is 0 Å². The van der Waals surface area contributed by atoms with E-state index < -0.39 is 12.1 Å². The molecule has 2 fully saturated rings. The zero-order valence-corrected chi connectivity index (χ0v) is 8.82. The lowest BCUT2D eigenvalue weighted by molar-refractivity contribution is -0.186. The van der Waals surface area contributed by atoms with Crippen LogP contribution < -0.4 is 5.32 Å². The first-order valence-corrected chi connectivity index (χ1v) is 5.87. The molecule has 1 nitrogen and oxygen atoms in total. The van der Waals surface area contributed by atoms with E-state index in [1.165, 1.54) is 0 Å². The topological polar surface area (TPSA) is 12.0 Å². The SMILES string of the molecule is FC(F)(F)C1CCCC(C2CCCN2)C1. The molecule has 1 saturated heterocycles. The average Bonchev–Trinajstić information content (AvgIpc) is 2.69. The Bertz CT molecular complexity index is 208. The summed E-state index contributed by atoms with van der Waals surface area (Å²) in [5.74, 6) is -0.786. The summed E-state index contributed by atoms with van der Waals surface area (Å²) in [6, 6.07) is 0.357. The Kier molecular flexibility index (Phi) is 3.24. The fourth-order valence-electron chi connectivity index (χ4n) is 3.00. The standard InChI is InChI=1S/C11H18F3N/c12-11(13,14)9-4-1-3-8(7-9)10-5-2-6-15-10/h8-10,15H,1-7H2. The van der Waals surface area contributed by atoms with E-state index in [2.05, 4.69) is 5.32 Å². The molecule has 1 heterocycles. The normalized spacial score (nSPS) is 38.2. The van der Waals surface area contributed by atoms with Gasteiger partial charge in [0.15, 0.2) is 0 Å². The summed E-state index contributed by atoms with van der Waals surface area (Å²) in [4.78, 5) is 0. The van der Waals surface area contributed by atoms with Gasteiger partial charge in [-0.2, -0.15) is 13.2 Å².